The van der Waals surface area contributed by atoms with E-state index in [9.17, 15) is 0 Å². The molecular formula is C17H16N4S. The molecule has 0 atom stereocenters. The van der Waals surface area contributed by atoms with Crippen molar-refractivity contribution in [2.24, 2.45) is 0 Å². The smallest absolute Gasteiger partial charge is 0.223 e. The zero-order valence-corrected chi connectivity index (χ0v) is 13.1. The van der Waals surface area contributed by atoms with Gasteiger partial charge in [-0.2, -0.15) is 0 Å². The van der Waals surface area contributed by atoms with E-state index in [1.165, 1.54) is 18.4 Å². The lowest BCUT2D eigenvalue weighted by atomic mass is 10.1. The highest BCUT2D eigenvalue weighted by Crippen LogP contribution is 2.34. The van der Waals surface area contributed by atoms with Crippen LogP contribution in [0.5, 0.6) is 0 Å². The second-order valence-corrected chi connectivity index (χ2v) is 6.44. The molecule has 2 heterocycles. The molecule has 0 saturated heterocycles. The van der Waals surface area contributed by atoms with Crippen LogP contribution in [0.2, 0.25) is 0 Å². The van der Waals surface area contributed by atoms with E-state index < -0.39 is 0 Å². The van der Waals surface area contributed by atoms with Crippen molar-refractivity contribution in [3.63, 3.8) is 0 Å². The molecule has 0 unspecified atom stereocenters. The van der Waals surface area contributed by atoms with Gasteiger partial charge in [0.05, 0.1) is 21.8 Å². The number of aryl methyl sites for hydroxylation is 1. The molecule has 1 aromatic carbocycles. The molecule has 1 aliphatic carbocycles. The van der Waals surface area contributed by atoms with Crippen LogP contribution < -0.4 is 5.32 Å². The molecular weight excluding hydrogens is 292 g/mol. The second-order valence-electron chi connectivity index (χ2n) is 5.58. The van der Waals surface area contributed by atoms with Crippen molar-refractivity contribution in [3.05, 3.63) is 47.6 Å². The summed E-state index contributed by atoms with van der Waals surface area (Å²) in [5.74, 6) is 0.712. The Morgan fingerprint density at radius 2 is 2.09 bits per heavy atom. The van der Waals surface area contributed by atoms with Gasteiger partial charge in [0.15, 0.2) is 0 Å². The van der Waals surface area contributed by atoms with E-state index in [0.29, 0.717) is 12.0 Å². The van der Waals surface area contributed by atoms with Crippen molar-refractivity contribution >= 4 is 17.3 Å². The van der Waals surface area contributed by atoms with E-state index in [0.717, 1.165) is 21.8 Å². The average molecular weight is 308 g/mol. The fourth-order valence-corrected chi connectivity index (χ4v) is 3.17. The number of hydrogen-bond acceptors (Lipinski definition) is 5. The summed E-state index contributed by atoms with van der Waals surface area (Å²) in [4.78, 5) is 14.6. The molecule has 3 aromatic rings. The lowest BCUT2D eigenvalue weighted by Crippen LogP contribution is -2.05. The minimum Gasteiger partial charge on any atom is -0.351 e. The van der Waals surface area contributed by atoms with Gasteiger partial charge in [0.25, 0.3) is 0 Å². The SMILES string of the molecule is Cc1cccc(-c2ncsc2-c2ccnc(NC3CC3)n2)c1. The molecule has 4 nitrogen and oxygen atoms in total. The van der Waals surface area contributed by atoms with Gasteiger partial charge in [0, 0.05) is 17.8 Å². The molecule has 2 aromatic heterocycles. The topological polar surface area (TPSA) is 50.7 Å². The van der Waals surface area contributed by atoms with Crippen LogP contribution in [0, 0.1) is 6.92 Å². The third-order valence-corrected chi connectivity index (χ3v) is 4.51. The van der Waals surface area contributed by atoms with Gasteiger partial charge in [0.1, 0.15) is 0 Å². The molecule has 0 spiro atoms. The number of aromatic nitrogens is 3. The standard InChI is InChI=1S/C17H16N4S/c1-11-3-2-4-12(9-11)15-16(22-10-19-15)14-7-8-18-17(21-14)20-13-5-6-13/h2-4,7-10,13H,5-6H2,1H3,(H,18,20,21). The summed E-state index contributed by atoms with van der Waals surface area (Å²) in [7, 11) is 0. The molecule has 1 aliphatic rings. The lowest BCUT2D eigenvalue weighted by molar-refractivity contribution is 1.06. The summed E-state index contributed by atoms with van der Waals surface area (Å²) >= 11 is 1.62. The van der Waals surface area contributed by atoms with Crippen LogP contribution in [0.3, 0.4) is 0 Å². The van der Waals surface area contributed by atoms with Crippen molar-refractivity contribution in [2.45, 2.75) is 25.8 Å². The van der Waals surface area contributed by atoms with Crippen LogP contribution in [-0.2, 0) is 0 Å². The summed E-state index contributed by atoms with van der Waals surface area (Å²) in [6, 6.07) is 10.9. The first-order valence-corrected chi connectivity index (χ1v) is 8.28. The molecule has 5 heteroatoms. The Hall–Kier alpha value is -2.27. The molecule has 0 radical (unpaired) electrons. The highest BCUT2D eigenvalue weighted by molar-refractivity contribution is 7.13. The predicted octanol–water partition coefficient (Wildman–Crippen LogP) is 4.15. The van der Waals surface area contributed by atoms with E-state index in [-0.39, 0.29) is 0 Å². The third-order valence-electron chi connectivity index (χ3n) is 3.66. The maximum absolute atomic E-state index is 4.65. The summed E-state index contributed by atoms with van der Waals surface area (Å²) in [6.45, 7) is 2.10. The molecule has 22 heavy (non-hydrogen) atoms. The molecule has 1 fully saturated rings. The predicted molar refractivity (Wildman–Crippen MR) is 90.0 cm³/mol. The number of thiazole rings is 1. The molecule has 1 N–H and O–H groups in total. The van der Waals surface area contributed by atoms with Gasteiger partial charge >= 0.3 is 0 Å². The van der Waals surface area contributed by atoms with Crippen LogP contribution in [-0.4, -0.2) is 21.0 Å². The monoisotopic (exact) mass is 308 g/mol. The fourth-order valence-electron chi connectivity index (χ4n) is 2.39. The number of rotatable bonds is 4. The van der Waals surface area contributed by atoms with Gasteiger partial charge in [0.2, 0.25) is 5.95 Å². The summed E-state index contributed by atoms with van der Waals surface area (Å²) < 4.78 is 0. The quantitative estimate of drug-likeness (QED) is 0.786. The van der Waals surface area contributed by atoms with Crippen molar-refractivity contribution in [1.82, 2.24) is 15.0 Å². The van der Waals surface area contributed by atoms with Crippen molar-refractivity contribution in [1.29, 1.82) is 0 Å². The van der Waals surface area contributed by atoms with Crippen LogP contribution in [0.1, 0.15) is 18.4 Å². The highest BCUT2D eigenvalue weighted by atomic mass is 32.1. The zero-order chi connectivity index (χ0) is 14.9. The molecule has 0 aliphatic heterocycles. The first kappa shape index (κ1) is 13.4. The number of hydrogen-bond donors (Lipinski definition) is 1. The first-order chi connectivity index (χ1) is 10.8. The summed E-state index contributed by atoms with van der Waals surface area (Å²) in [6.07, 6.45) is 4.23. The van der Waals surface area contributed by atoms with E-state index in [1.807, 2.05) is 17.8 Å². The maximum atomic E-state index is 4.65. The zero-order valence-electron chi connectivity index (χ0n) is 12.3. The molecule has 1 saturated carbocycles. The van der Waals surface area contributed by atoms with Gasteiger partial charge in [-0.05, 0) is 31.9 Å². The van der Waals surface area contributed by atoms with Gasteiger partial charge in [-0.3, -0.25) is 0 Å². The van der Waals surface area contributed by atoms with Crippen LogP contribution in [0.25, 0.3) is 21.8 Å². The Kier molecular flexibility index (Phi) is 3.35. The van der Waals surface area contributed by atoms with Crippen LogP contribution in [0.4, 0.5) is 5.95 Å². The Labute approximate surface area is 133 Å². The Balaban J connectivity index is 1.72. The van der Waals surface area contributed by atoms with E-state index in [2.05, 4.69) is 51.5 Å². The minimum atomic E-state index is 0.549. The van der Waals surface area contributed by atoms with Gasteiger partial charge in [-0.15, -0.1) is 11.3 Å². The number of anilines is 1. The molecule has 0 amide bonds. The largest absolute Gasteiger partial charge is 0.351 e. The third kappa shape index (κ3) is 2.72. The van der Waals surface area contributed by atoms with Crippen molar-refractivity contribution < 1.29 is 0 Å². The Bertz CT molecular complexity index is 808. The molecule has 0 bridgehead atoms. The van der Waals surface area contributed by atoms with Crippen molar-refractivity contribution in [2.75, 3.05) is 5.32 Å². The normalized spacial score (nSPS) is 14.0. The highest BCUT2D eigenvalue weighted by Gasteiger charge is 2.22. The molecule has 4 rings (SSSR count). The molecule has 110 valence electrons. The van der Waals surface area contributed by atoms with Gasteiger partial charge < -0.3 is 5.32 Å². The second kappa shape index (κ2) is 5.50. The van der Waals surface area contributed by atoms with Crippen LogP contribution in [0.15, 0.2) is 42.0 Å². The summed E-state index contributed by atoms with van der Waals surface area (Å²) in [5.41, 5.74) is 6.16. The lowest BCUT2D eigenvalue weighted by Gasteiger charge is -2.06. The number of nitrogens with zero attached hydrogens (tertiary/aromatic N) is 3. The van der Waals surface area contributed by atoms with Gasteiger partial charge in [-0.25, -0.2) is 15.0 Å². The summed E-state index contributed by atoms with van der Waals surface area (Å²) in [5, 5.41) is 3.35. The fraction of sp³-hybridized carbons (Fsp3) is 0.235. The van der Waals surface area contributed by atoms with E-state index in [1.54, 1.807) is 11.3 Å². The Morgan fingerprint density at radius 3 is 2.91 bits per heavy atom. The average Bonchev–Trinajstić information content (AvgIpc) is 3.20. The number of nitrogens with one attached hydrogen (secondary N) is 1. The van der Waals surface area contributed by atoms with Gasteiger partial charge in [-0.1, -0.05) is 23.8 Å². The van der Waals surface area contributed by atoms with E-state index >= 15 is 0 Å². The minimum absolute atomic E-state index is 0.549. The maximum Gasteiger partial charge on any atom is 0.223 e. The Morgan fingerprint density at radius 1 is 1.18 bits per heavy atom. The van der Waals surface area contributed by atoms with E-state index in [4.69, 9.17) is 0 Å². The van der Waals surface area contributed by atoms with Crippen LogP contribution >= 0.6 is 11.3 Å². The first-order valence-electron chi connectivity index (χ1n) is 7.40. The van der Waals surface area contributed by atoms with Crippen molar-refractivity contribution in [3.8, 4) is 21.8 Å². The number of benzene rings is 1.